The van der Waals surface area contributed by atoms with Gasteiger partial charge < -0.3 is 4.57 Å². The molecule has 1 aromatic carbocycles. The molecule has 0 radical (unpaired) electrons. The fraction of sp³-hybridized carbons (Fsp3) is 0.211. The smallest absolute Gasteiger partial charge is 0.260 e. The van der Waals surface area contributed by atoms with E-state index >= 15 is 0 Å². The van der Waals surface area contributed by atoms with E-state index in [1.54, 1.807) is 12.3 Å². The van der Waals surface area contributed by atoms with E-state index in [9.17, 15) is 18.4 Å². The van der Waals surface area contributed by atoms with Gasteiger partial charge in [0.1, 0.15) is 11.6 Å². The normalized spacial score (nSPS) is 11.0. The van der Waals surface area contributed by atoms with E-state index in [4.69, 9.17) is 0 Å². The molecule has 0 spiro atoms. The Hall–Kier alpha value is -2.89. The highest BCUT2D eigenvalue weighted by molar-refractivity contribution is 5.96. The van der Waals surface area contributed by atoms with Crippen molar-refractivity contribution in [2.24, 2.45) is 0 Å². The van der Waals surface area contributed by atoms with Crippen molar-refractivity contribution in [3.63, 3.8) is 0 Å². The average molecular weight is 342 g/mol. The summed E-state index contributed by atoms with van der Waals surface area (Å²) in [6.45, 7) is 2.49. The van der Waals surface area contributed by atoms with Crippen molar-refractivity contribution < 1.29 is 13.6 Å². The maximum Gasteiger partial charge on any atom is 0.260 e. The second kappa shape index (κ2) is 6.93. The van der Waals surface area contributed by atoms with Gasteiger partial charge in [-0.25, -0.2) is 8.78 Å². The van der Waals surface area contributed by atoms with E-state index in [1.807, 2.05) is 6.92 Å². The zero-order chi connectivity index (χ0) is 18.0. The van der Waals surface area contributed by atoms with Gasteiger partial charge in [-0.2, -0.15) is 0 Å². The van der Waals surface area contributed by atoms with Crippen LogP contribution in [0.15, 0.2) is 41.6 Å². The minimum absolute atomic E-state index is 0.0740. The first-order chi connectivity index (χ1) is 12.1. The lowest BCUT2D eigenvalue weighted by Gasteiger charge is -2.13. The first-order valence-corrected chi connectivity index (χ1v) is 7.99. The predicted octanol–water partition coefficient (Wildman–Crippen LogP) is 3.95. The SMILES string of the molecule is CCCCn1cc(-c2ccc(F)c(C=O)c2F)c2ccncc2c1=O. The number of rotatable bonds is 5. The number of nitrogens with zero attached hydrogens (tertiary/aromatic N) is 2. The zero-order valence-electron chi connectivity index (χ0n) is 13.6. The molecule has 4 nitrogen and oxygen atoms in total. The summed E-state index contributed by atoms with van der Waals surface area (Å²) in [6.07, 6.45) is 6.34. The molecular weight excluding hydrogens is 326 g/mol. The van der Waals surface area contributed by atoms with Crippen LogP contribution in [0.3, 0.4) is 0 Å². The summed E-state index contributed by atoms with van der Waals surface area (Å²) in [5.41, 5.74) is -0.330. The number of aryl methyl sites for hydroxylation is 1. The van der Waals surface area contributed by atoms with Crippen LogP contribution in [0.25, 0.3) is 21.9 Å². The van der Waals surface area contributed by atoms with Gasteiger partial charge in [0, 0.05) is 36.3 Å². The van der Waals surface area contributed by atoms with Crippen molar-refractivity contribution in [1.82, 2.24) is 9.55 Å². The van der Waals surface area contributed by atoms with Gasteiger partial charge in [-0.15, -0.1) is 0 Å². The Morgan fingerprint density at radius 3 is 2.68 bits per heavy atom. The number of halogens is 2. The molecule has 3 rings (SSSR count). The quantitative estimate of drug-likeness (QED) is 0.660. The number of hydrogen-bond donors (Lipinski definition) is 0. The standard InChI is InChI=1S/C19H16F2N2O2/c1-2-3-8-23-10-15(12-6-7-22-9-14(12)19(23)25)13-4-5-17(20)16(11-24)18(13)21/h4-7,9-11H,2-3,8H2,1H3. The second-order valence-corrected chi connectivity index (χ2v) is 5.76. The second-order valence-electron chi connectivity index (χ2n) is 5.76. The first-order valence-electron chi connectivity index (χ1n) is 7.99. The predicted molar refractivity (Wildman–Crippen MR) is 91.7 cm³/mol. The molecule has 2 heterocycles. The summed E-state index contributed by atoms with van der Waals surface area (Å²) in [6, 6.07) is 3.94. The molecule has 6 heteroatoms. The molecule has 0 atom stereocenters. The molecule has 2 aromatic heterocycles. The van der Waals surface area contributed by atoms with Gasteiger partial charge >= 0.3 is 0 Å². The summed E-state index contributed by atoms with van der Waals surface area (Å²) in [5.74, 6) is -1.85. The molecule has 0 aliphatic rings. The highest BCUT2D eigenvalue weighted by Crippen LogP contribution is 2.30. The van der Waals surface area contributed by atoms with Crippen LogP contribution in [-0.4, -0.2) is 15.8 Å². The largest absolute Gasteiger partial charge is 0.314 e. The monoisotopic (exact) mass is 342 g/mol. The Labute approximate surface area is 142 Å². The summed E-state index contributed by atoms with van der Waals surface area (Å²) >= 11 is 0. The van der Waals surface area contributed by atoms with Crippen molar-refractivity contribution in [3.8, 4) is 11.1 Å². The molecule has 0 bridgehead atoms. The Kier molecular flexibility index (Phi) is 4.70. The van der Waals surface area contributed by atoms with Crippen molar-refractivity contribution >= 4 is 17.1 Å². The highest BCUT2D eigenvalue weighted by Gasteiger charge is 2.18. The number of fused-ring (bicyclic) bond motifs is 1. The van der Waals surface area contributed by atoms with Crippen LogP contribution >= 0.6 is 0 Å². The highest BCUT2D eigenvalue weighted by atomic mass is 19.1. The van der Waals surface area contributed by atoms with Crippen molar-refractivity contribution in [3.05, 3.63) is 64.3 Å². The minimum atomic E-state index is -0.936. The Morgan fingerprint density at radius 1 is 1.16 bits per heavy atom. The summed E-state index contributed by atoms with van der Waals surface area (Å²) in [4.78, 5) is 27.6. The fourth-order valence-corrected chi connectivity index (χ4v) is 2.83. The Bertz CT molecular complexity index is 1010. The van der Waals surface area contributed by atoms with Gasteiger partial charge in [0.15, 0.2) is 6.29 Å². The molecule has 3 aromatic rings. The topological polar surface area (TPSA) is 52.0 Å². The van der Waals surface area contributed by atoms with E-state index in [1.165, 1.54) is 23.0 Å². The average Bonchev–Trinajstić information content (AvgIpc) is 2.62. The van der Waals surface area contributed by atoms with Gasteiger partial charge in [0.05, 0.1) is 10.9 Å². The van der Waals surface area contributed by atoms with Gasteiger partial charge in [-0.3, -0.25) is 14.6 Å². The van der Waals surface area contributed by atoms with Crippen LogP contribution in [0, 0.1) is 11.6 Å². The Morgan fingerprint density at radius 2 is 1.96 bits per heavy atom. The van der Waals surface area contributed by atoms with Crippen molar-refractivity contribution in [1.29, 1.82) is 0 Å². The molecule has 0 saturated carbocycles. The van der Waals surface area contributed by atoms with Crippen LogP contribution in [0.4, 0.5) is 8.78 Å². The summed E-state index contributed by atoms with van der Waals surface area (Å²) in [5, 5.41) is 0.864. The van der Waals surface area contributed by atoms with Crippen LogP contribution in [0.1, 0.15) is 30.1 Å². The van der Waals surface area contributed by atoms with E-state index in [0.717, 1.165) is 18.9 Å². The van der Waals surface area contributed by atoms with Gasteiger partial charge in [-0.1, -0.05) is 13.3 Å². The van der Waals surface area contributed by atoms with E-state index in [2.05, 4.69) is 4.98 Å². The molecule has 0 unspecified atom stereocenters. The first kappa shape index (κ1) is 17.0. The molecular formula is C19H16F2N2O2. The third kappa shape index (κ3) is 2.95. The Balaban J connectivity index is 2.35. The van der Waals surface area contributed by atoms with Crippen LogP contribution in [0.5, 0.6) is 0 Å². The molecule has 128 valence electrons. The molecule has 0 saturated heterocycles. The number of aldehydes is 1. The molecule has 25 heavy (non-hydrogen) atoms. The number of aromatic nitrogens is 2. The third-order valence-electron chi connectivity index (χ3n) is 4.17. The molecule has 0 amide bonds. The number of carbonyl (C=O) groups excluding carboxylic acids is 1. The summed E-state index contributed by atoms with van der Waals surface area (Å²) < 4.78 is 29.8. The van der Waals surface area contributed by atoms with Gasteiger partial charge in [0.2, 0.25) is 0 Å². The maximum absolute atomic E-state index is 14.7. The van der Waals surface area contributed by atoms with E-state index in [-0.39, 0.29) is 17.4 Å². The van der Waals surface area contributed by atoms with Crippen LogP contribution < -0.4 is 5.56 Å². The van der Waals surface area contributed by atoms with Crippen LogP contribution in [0.2, 0.25) is 0 Å². The number of pyridine rings is 2. The number of benzene rings is 1. The third-order valence-corrected chi connectivity index (χ3v) is 4.17. The lowest BCUT2D eigenvalue weighted by atomic mass is 9.99. The molecule has 0 aliphatic carbocycles. The summed E-state index contributed by atoms with van der Waals surface area (Å²) in [7, 11) is 0. The van der Waals surface area contributed by atoms with Crippen molar-refractivity contribution in [2.75, 3.05) is 0 Å². The fourth-order valence-electron chi connectivity index (χ4n) is 2.83. The van der Waals surface area contributed by atoms with Crippen molar-refractivity contribution in [2.45, 2.75) is 26.3 Å². The number of hydrogen-bond acceptors (Lipinski definition) is 3. The van der Waals surface area contributed by atoms with Crippen LogP contribution in [-0.2, 0) is 6.54 Å². The molecule has 0 N–H and O–H groups in total. The lowest BCUT2D eigenvalue weighted by molar-refractivity contribution is 0.111. The number of unbranched alkanes of at least 4 members (excludes halogenated alkanes) is 1. The molecule has 0 fully saturated rings. The maximum atomic E-state index is 14.7. The lowest BCUT2D eigenvalue weighted by Crippen LogP contribution is -2.20. The van der Waals surface area contributed by atoms with Gasteiger partial charge in [0.25, 0.3) is 5.56 Å². The van der Waals surface area contributed by atoms with E-state index in [0.29, 0.717) is 22.9 Å². The number of carbonyl (C=O) groups is 1. The zero-order valence-corrected chi connectivity index (χ0v) is 13.6. The molecule has 0 aliphatic heterocycles. The van der Waals surface area contributed by atoms with Gasteiger partial charge in [-0.05, 0) is 30.0 Å². The van der Waals surface area contributed by atoms with E-state index < -0.39 is 17.2 Å². The minimum Gasteiger partial charge on any atom is -0.314 e.